The maximum Gasteiger partial charge on any atom is 0.228 e. The van der Waals surface area contributed by atoms with E-state index < -0.39 is 0 Å². The van der Waals surface area contributed by atoms with Crippen molar-refractivity contribution < 1.29 is 9.53 Å². The molecule has 2 atom stereocenters. The third-order valence-electron chi connectivity index (χ3n) is 5.15. The molecule has 25 heavy (non-hydrogen) atoms. The lowest BCUT2D eigenvalue weighted by Gasteiger charge is -2.36. The van der Waals surface area contributed by atoms with Gasteiger partial charge in [-0.25, -0.2) is 9.97 Å². The second-order valence-electron chi connectivity index (χ2n) is 6.70. The van der Waals surface area contributed by atoms with E-state index in [0.29, 0.717) is 19.0 Å². The van der Waals surface area contributed by atoms with Crippen LogP contribution in [-0.4, -0.2) is 47.0 Å². The van der Waals surface area contributed by atoms with Gasteiger partial charge in [-0.1, -0.05) is 30.3 Å². The number of methoxy groups -OCH3 is 1. The molecule has 0 radical (unpaired) electrons. The Balaban J connectivity index is 1.58. The minimum Gasteiger partial charge on any atom is -0.481 e. The lowest BCUT2D eigenvalue weighted by Crippen LogP contribution is -2.47. The van der Waals surface area contributed by atoms with Gasteiger partial charge < -0.3 is 14.5 Å². The molecule has 5 rings (SSSR count). The Morgan fingerprint density at radius 3 is 2.80 bits per heavy atom. The Morgan fingerprint density at radius 2 is 2.00 bits per heavy atom. The molecule has 3 aliphatic rings. The number of anilines is 1. The topological polar surface area (TPSA) is 58.6 Å². The molecule has 0 aliphatic carbocycles. The van der Waals surface area contributed by atoms with Gasteiger partial charge in [0.15, 0.2) is 0 Å². The summed E-state index contributed by atoms with van der Waals surface area (Å²) in [6.07, 6.45) is 3.51. The minimum absolute atomic E-state index is 0.0309. The molecule has 0 saturated carbocycles. The number of hydrogen-bond acceptors (Lipinski definition) is 5. The second-order valence-corrected chi connectivity index (χ2v) is 6.70. The first kappa shape index (κ1) is 15.9. The van der Waals surface area contributed by atoms with E-state index in [9.17, 15) is 4.79 Å². The maximum atomic E-state index is 13.0. The number of hydrogen-bond donors (Lipinski definition) is 0. The highest BCUT2D eigenvalue weighted by molar-refractivity contribution is 5.81. The molecular formula is C19H22N4O2. The molecule has 0 spiro atoms. The Labute approximate surface area is 147 Å². The summed E-state index contributed by atoms with van der Waals surface area (Å²) < 4.78 is 5.21. The summed E-state index contributed by atoms with van der Waals surface area (Å²) in [6.45, 7) is 2.19. The van der Waals surface area contributed by atoms with Crippen molar-refractivity contribution in [1.82, 2.24) is 14.9 Å². The zero-order valence-corrected chi connectivity index (χ0v) is 14.3. The first-order valence-electron chi connectivity index (χ1n) is 8.70. The number of amides is 1. The van der Waals surface area contributed by atoms with Crippen LogP contribution in [-0.2, 0) is 11.3 Å². The van der Waals surface area contributed by atoms with E-state index in [-0.39, 0.29) is 17.9 Å². The van der Waals surface area contributed by atoms with Gasteiger partial charge in [0.25, 0.3) is 0 Å². The Morgan fingerprint density at radius 1 is 1.16 bits per heavy atom. The monoisotopic (exact) mass is 338 g/mol. The third-order valence-corrected chi connectivity index (χ3v) is 5.15. The molecule has 1 aromatic carbocycles. The van der Waals surface area contributed by atoms with Crippen LogP contribution in [0.1, 0.15) is 18.4 Å². The van der Waals surface area contributed by atoms with Gasteiger partial charge in [0.1, 0.15) is 12.1 Å². The Kier molecular flexibility index (Phi) is 4.26. The fourth-order valence-electron chi connectivity index (χ4n) is 3.83. The predicted octanol–water partition coefficient (Wildman–Crippen LogP) is 2.11. The van der Waals surface area contributed by atoms with Crippen LogP contribution in [0.2, 0.25) is 0 Å². The van der Waals surface area contributed by atoms with Crippen LogP contribution in [0.25, 0.3) is 0 Å². The number of nitrogens with zero attached hydrogens (tertiary/aromatic N) is 4. The van der Waals surface area contributed by atoms with Crippen molar-refractivity contribution >= 4 is 11.7 Å². The van der Waals surface area contributed by atoms with Gasteiger partial charge in [-0.3, -0.25) is 4.79 Å². The number of carbonyl (C=O) groups is 1. The average molecular weight is 338 g/mol. The van der Waals surface area contributed by atoms with Crippen LogP contribution in [0, 0.1) is 5.92 Å². The molecule has 3 fully saturated rings. The van der Waals surface area contributed by atoms with Crippen molar-refractivity contribution in [2.45, 2.75) is 25.4 Å². The van der Waals surface area contributed by atoms with Crippen LogP contribution < -0.4 is 9.64 Å². The van der Waals surface area contributed by atoms with Gasteiger partial charge in [0.2, 0.25) is 11.8 Å². The molecule has 130 valence electrons. The molecule has 2 bridgehead atoms. The number of fused-ring (bicyclic) bond motifs is 4. The normalized spacial score (nSPS) is 22.8. The Hall–Kier alpha value is -2.63. The number of aromatic nitrogens is 2. The molecule has 3 aliphatic heterocycles. The molecule has 6 heteroatoms. The molecule has 1 aromatic heterocycles. The highest BCUT2D eigenvalue weighted by Gasteiger charge is 2.40. The van der Waals surface area contributed by atoms with E-state index in [4.69, 9.17) is 4.74 Å². The van der Waals surface area contributed by atoms with E-state index >= 15 is 0 Å². The second kappa shape index (κ2) is 6.70. The van der Waals surface area contributed by atoms with Crippen molar-refractivity contribution in [3.63, 3.8) is 0 Å². The summed E-state index contributed by atoms with van der Waals surface area (Å²) in [4.78, 5) is 25.7. The van der Waals surface area contributed by atoms with E-state index in [2.05, 4.69) is 31.9 Å². The number of benzene rings is 1. The van der Waals surface area contributed by atoms with Gasteiger partial charge >= 0.3 is 0 Å². The summed E-state index contributed by atoms with van der Waals surface area (Å²) in [6, 6.07) is 12.3. The highest BCUT2D eigenvalue weighted by Crippen LogP contribution is 2.32. The molecule has 4 heterocycles. The van der Waals surface area contributed by atoms with Crippen LogP contribution >= 0.6 is 0 Å². The van der Waals surface area contributed by atoms with Crippen molar-refractivity contribution in [2.24, 2.45) is 5.92 Å². The maximum absolute atomic E-state index is 13.0. The number of carbonyl (C=O) groups excluding carboxylic acids is 1. The van der Waals surface area contributed by atoms with E-state index in [1.807, 2.05) is 24.3 Å². The largest absolute Gasteiger partial charge is 0.481 e. The summed E-state index contributed by atoms with van der Waals surface area (Å²) in [5, 5.41) is 0. The number of ether oxygens (including phenoxy) is 1. The van der Waals surface area contributed by atoms with E-state index in [1.165, 1.54) is 11.9 Å². The van der Waals surface area contributed by atoms with Gasteiger partial charge in [-0.05, 0) is 18.4 Å². The van der Waals surface area contributed by atoms with Gasteiger partial charge in [0, 0.05) is 31.7 Å². The standard InChI is InChI=1S/C19H22N4O2/c1-25-18-9-17(20-13-21-18)22-11-15-7-8-16(12-22)23(19(15)24)10-14-5-3-2-4-6-14/h2-6,9,13,15-16H,7-8,10-12H2,1H3/t15-,16+/m0/s1. The van der Waals surface area contributed by atoms with Crippen LogP contribution in [0.15, 0.2) is 42.7 Å². The molecule has 2 aromatic rings. The average Bonchev–Trinajstić information content (AvgIpc) is 2.95. The fraction of sp³-hybridized carbons (Fsp3) is 0.421. The fourth-order valence-corrected chi connectivity index (χ4v) is 3.83. The van der Waals surface area contributed by atoms with Gasteiger partial charge in [0.05, 0.1) is 13.0 Å². The van der Waals surface area contributed by atoms with Crippen molar-refractivity contribution in [3.8, 4) is 5.88 Å². The first-order valence-corrected chi connectivity index (χ1v) is 8.70. The summed E-state index contributed by atoms with van der Waals surface area (Å²) >= 11 is 0. The summed E-state index contributed by atoms with van der Waals surface area (Å²) in [5.41, 5.74) is 1.18. The summed E-state index contributed by atoms with van der Waals surface area (Å²) in [5.74, 6) is 1.68. The quantitative estimate of drug-likeness (QED) is 0.855. The number of piperidine rings is 1. The Bertz CT molecular complexity index is 752. The van der Waals surface area contributed by atoms with Gasteiger partial charge in [-0.15, -0.1) is 0 Å². The van der Waals surface area contributed by atoms with Crippen molar-refractivity contribution in [1.29, 1.82) is 0 Å². The van der Waals surface area contributed by atoms with E-state index in [0.717, 1.165) is 25.2 Å². The SMILES string of the molecule is COc1cc(N2C[C@@H]3CC[C@H](C2)N(Cc2ccccc2)C3=O)ncn1. The summed E-state index contributed by atoms with van der Waals surface area (Å²) in [7, 11) is 1.60. The van der Waals surface area contributed by atoms with Crippen LogP contribution in [0.4, 0.5) is 5.82 Å². The smallest absolute Gasteiger partial charge is 0.228 e. The van der Waals surface area contributed by atoms with Crippen LogP contribution in [0.5, 0.6) is 5.88 Å². The molecule has 0 N–H and O–H groups in total. The van der Waals surface area contributed by atoms with Crippen LogP contribution in [0.3, 0.4) is 0 Å². The number of rotatable bonds is 4. The van der Waals surface area contributed by atoms with Crippen molar-refractivity contribution in [2.75, 3.05) is 25.1 Å². The van der Waals surface area contributed by atoms with Crippen molar-refractivity contribution in [3.05, 3.63) is 48.3 Å². The lowest BCUT2D eigenvalue weighted by atomic mass is 9.93. The molecule has 0 unspecified atom stereocenters. The first-order chi connectivity index (χ1) is 12.2. The molecular weight excluding hydrogens is 316 g/mol. The zero-order chi connectivity index (χ0) is 17.2. The predicted molar refractivity (Wildman–Crippen MR) is 94.3 cm³/mol. The molecule has 3 saturated heterocycles. The zero-order valence-electron chi connectivity index (χ0n) is 14.3. The van der Waals surface area contributed by atoms with E-state index in [1.54, 1.807) is 7.11 Å². The minimum atomic E-state index is 0.0309. The van der Waals surface area contributed by atoms with Gasteiger partial charge in [-0.2, -0.15) is 0 Å². The highest BCUT2D eigenvalue weighted by atomic mass is 16.5. The molecule has 1 amide bonds. The molecule has 6 nitrogen and oxygen atoms in total. The third kappa shape index (κ3) is 3.16. The lowest BCUT2D eigenvalue weighted by molar-refractivity contribution is -0.140.